The van der Waals surface area contributed by atoms with Crippen LogP contribution in [0.5, 0.6) is 5.75 Å². The fraction of sp³-hybridized carbons (Fsp3) is 0.462. The lowest BCUT2D eigenvalue weighted by Crippen LogP contribution is -2.35. The van der Waals surface area contributed by atoms with E-state index in [4.69, 9.17) is 21.4 Å². The number of aliphatic carboxylic acids is 1. The molecule has 0 unspecified atom stereocenters. The maximum atomic E-state index is 11.0. The average molecular weight is 272 g/mol. The highest BCUT2D eigenvalue weighted by Crippen LogP contribution is 2.26. The smallest absolute Gasteiger partial charge is 0.310 e. The molecule has 0 radical (unpaired) electrons. The van der Waals surface area contributed by atoms with Crippen molar-refractivity contribution in [1.29, 1.82) is 0 Å². The van der Waals surface area contributed by atoms with Gasteiger partial charge >= 0.3 is 5.97 Å². The number of halogens is 1. The third kappa shape index (κ3) is 3.62. The molecule has 0 atom stereocenters. The van der Waals surface area contributed by atoms with Crippen LogP contribution in [-0.2, 0) is 11.3 Å². The molecule has 0 saturated carbocycles. The maximum absolute atomic E-state index is 11.0. The number of methoxy groups -OCH3 is 1. The van der Waals surface area contributed by atoms with E-state index < -0.39 is 11.4 Å². The van der Waals surface area contributed by atoms with E-state index >= 15 is 0 Å². The number of nitrogens with one attached hydrogen (secondary N) is 1. The molecule has 2 N–H and O–H groups in total. The molecule has 0 saturated heterocycles. The minimum Gasteiger partial charge on any atom is -0.496 e. The van der Waals surface area contributed by atoms with Crippen LogP contribution in [0.3, 0.4) is 0 Å². The summed E-state index contributed by atoms with van der Waals surface area (Å²) < 4.78 is 5.22. The summed E-state index contributed by atoms with van der Waals surface area (Å²) in [6, 6.07) is 5.42. The highest BCUT2D eigenvalue weighted by atomic mass is 35.5. The van der Waals surface area contributed by atoms with E-state index in [-0.39, 0.29) is 0 Å². The Morgan fingerprint density at radius 3 is 2.72 bits per heavy atom. The molecule has 0 aliphatic carbocycles. The van der Waals surface area contributed by atoms with Crippen molar-refractivity contribution in [3.63, 3.8) is 0 Å². The second-order valence-corrected chi connectivity index (χ2v) is 5.12. The SMILES string of the molecule is COc1cccc(Cl)c1CNCC(C)(C)C(=O)O. The summed E-state index contributed by atoms with van der Waals surface area (Å²) in [5, 5.41) is 12.7. The number of rotatable bonds is 6. The molecule has 0 bridgehead atoms. The van der Waals surface area contributed by atoms with Crippen LogP contribution in [0.2, 0.25) is 5.02 Å². The number of carbonyl (C=O) groups is 1. The summed E-state index contributed by atoms with van der Waals surface area (Å²) in [6.07, 6.45) is 0. The molecule has 0 aromatic heterocycles. The van der Waals surface area contributed by atoms with Crippen molar-refractivity contribution in [3.8, 4) is 5.75 Å². The van der Waals surface area contributed by atoms with Gasteiger partial charge in [0.05, 0.1) is 12.5 Å². The molecule has 0 spiro atoms. The molecule has 0 aliphatic heterocycles. The Morgan fingerprint density at radius 1 is 1.50 bits per heavy atom. The van der Waals surface area contributed by atoms with E-state index in [0.717, 1.165) is 5.56 Å². The van der Waals surface area contributed by atoms with Gasteiger partial charge in [-0.1, -0.05) is 17.7 Å². The van der Waals surface area contributed by atoms with Crippen LogP contribution in [0.1, 0.15) is 19.4 Å². The van der Waals surface area contributed by atoms with Gasteiger partial charge in [-0.25, -0.2) is 0 Å². The van der Waals surface area contributed by atoms with Crippen molar-refractivity contribution in [2.45, 2.75) is 20.4 Å². The van der Waals surface area contributed by atoms with Crippen molar-refractivity contribution < 1.29 is 14.6 Å². The maximum Gasteiger partial charge on any atom is 0.310 e. The third-order valence-corrected chi connectivity index (χ3v) is 3.10. The number of carboxylic acid groups (broad SMARTS) is 1. The van der Waals surface area contributed by atoms with E-state index in [9.17, 15) is 4.79 Å². The zero-order chi connectivity index (χ0) is 13.8. The van der Waals surface area contributed by atoms with Gasteiger partial charge < -0.3 is 15.2 Å². The first kappa shape index (κ1) is 14.8. The fourth-order valence-electron chi connectivity index (χ4n) is 1.48. The van der Waals surface area contributed by atoms with E-state index in [0.29, 0.717) is 23.9 Å². The molecule has 0 heterocycles. The summed E-state index contributed by atoms with van der Waals surface area (Å²) in [7, 11) is 1.58. The van der Waals surface area contributed by atoms with Crippen LogP contribution < -0.4 is 10.1 Å². The molecule has 1 rings (SSSR count). The number of hydrogen-bond donors (Lipinski definition) is 2. The van der Waals surface area contributed by atoms with Gasteiger partial charge in [0.25, 0.3) is 0 Å². The van der Waals surface area contributed by atoms with Crippen LogP contribution in [0.15, 0.2) is 18.2 Å². The zero-order valence-electron chi connectivity index (χ0n) is 10.8. The first-order valence-electron chi connectivity index (χ1n) is 5.64. The minimum atomic E-state index is -0.832. The van der Waals surface area contributed by atoms with Crippen LogP contribution >= 0.6 is 11.6 Å². The second-order valence-electron chi connectivity index (χ2n) is 4.71. The van der Waals surface area contributed by atoms with Gasteiger partial charge in [-0.2, -0.15) is 0 Å². The molecule has 0 fully saturated rings. The highest BCUT2D eigenvalue weighted by molar-refractivity contribution is 6.31. The van der Waals surface area contributed by atoms with Gasteiger partial charge in [0.15, 0.2) is 0 Å². The van der Waals surface area contributed by atoms with Crippen LogP contribution in [0.25, 0.3) is 0 Å². The Kier molecular flexibility index (Phi) is 4.99. The van der Waals surface area contributed by atoms with E-state index in [2.05, 4.69) is 5.32 Å². The van der Waals surface area contributed by atoms with E-state index in [1.165, 1.54) is 0 Å². The van der Waals surface area contributed by atoms with Crippen molar-refractivity contribution >= 4 is 17.6 Å². The molecule has 0 aliphatic rings. The van der Waals surface area contributed by atoms with Crippen LogP contribution in [-0.4, -0.2) is 24.7 Å². The second kappa shape index (κ2) is 6.07. The zero-order valence-corrected chi connectivity index (χ0v) is 11.5. The van der Waals surface area contributed by atoms with Crippen molar-refractivity contribution in [1.82, 2.24) is 5.32 Å². The first-order chi connectivity index (χ1) is 8.38. The average Bonchev–Trinajstić information content (AvgIpc) is 2.30. The molecule has 1 aromatic carbocycles. The summed E-state index contributed by atoms with van der Waals surface area (Å²) in [4.78, 5) is 11.0. The predicted octanol–water partition coefficient (Wildman–Crippen LogP) is 2.55. The normalized spacial score (nSPS) is 11.3. The highest BCUT2D eigenvalue weighted by Gasteiger charge is 2.26. The molecule has 0 amide bonds. The monoisotopic (exact) mass is 271 g/mol. The molecule has 18 heavy (non-hydrogen) atoms. The number of ether oxygens (including phenoxy) is 1. The van der Waals surface area contributed by atoms with Gasteiger partial charge in [-0.3, -0.25) is 4.79 Å². The first-order valence-corrected chi connectivity index (χ1v) is 6.02. The number of carboxylic acids is 1. The van der Waals surface area contributed by atoms with Gasteiger partial charge in [-0.05, 0) is 26.0 Å². The summed E-state index contributed by atoms with van der Waals surface area (Å²) >= 11 is 6.08. The van der Waals surface area contributed by atoms with Crippen molar-refractivity contribution in [3.05, 3.63) is 28.8 Å². The number of hydrogen-bond acceptors (Lipinski definition) is 3. The molecule has 4 nitrogen and oxygen atoms in total. The van der Waals surface area contributed by atoms with Crippen molar-refractivity contribution in [2.75, 3.05) is 13.7 Å². The Bertz CT molecular complexity index is 432. The lowest BCUT2D eigenvalue weighted by molar-refractivity contribution is -0.146. The van der Waals surface area contributed by atoms with Gasteiger partial charge in [-0.15, -0.1) is 0 Å². The van der Waals surface area contributed by atoms with Gasteiger partial charge in [0, 0.05) is 23.7 Å². The van der Waals surface area contributed by atoms with Gasteiger partial charge in [0.1, 0.15) is 5.75 Å². The minimum absolute atomic E-state index is 0.358. The lowest BCUT2D eigenvalue weighted by atomic mass is 9.94. The quantitative estimate of drug-likeness (QED) is 0.835. The summed E-state index contributed by atoms with van der Waals surface area (Å²) in [5.41, 5.74) is 0.0250. The Hall–Kier alpha value is -1.26. The largest absolute Gasteiger partial charge is 0.496 e. The van der Waals surface area contributed by atoms with Crippen molar-refractivity contribution in [2.24, 2.45) is 5.41 Å². The van der Waals surface area contributed by atoms with Crippen LogP contribution in [0, 0.1) is 5.41 Å². The molecular weight excluding hydrogens is 254 g/mol. The fourth-order valence-corrected chi connectivity index (χ4v) is 1.71. The Labute approximate surface area is 112 Å². The van der Waals surface area contributed by atoms with Crippen LogP contribution in [0.4, 0.5) is 0 Å². The predicted molar refractivity (Wildman–Crippen MR) is 71.1 cm³/mol. The van der Waals surface area contributed by atoms with Gasteiger partial charge in [0.2, 0.25) is 0 Å². The molecule has 5 heteroatoms. The molecular formula is C13H18ClNO3. The Balaban J connectivity index is 2.67. The standard InChI is InChI=1S/C13H18ClNO3/c1-13(2,12(16)17)8-15-7-9-10(14)5-4-6-11(9)18-3/h4-6,15H,7-8H2,1-3H3,(H,16,17). The Morgan fingerprint density at radius 2 is 2.17 bits per heavy atom. The molecule has 100 valence electrons. The topological polar surface area (TPSA) is 58.6 Å². The molecule has 1 aromatic rings. The lowest BCUT2D eigenvalue weighted by Gasteiger charge is -2.20. The summed E-state index contributed by atoms with van der Waals surface area (Å²) in [5.74, 6) is -0.135. The third-order valence-electron chi connectivity index (χ3n) is 2.74. The summed E-state index contributed by atoms with van der Waals surface area (Å²) in [6.45, 7) is 4.18. The number of benzene rings is 1. The van der Waals surface area contributed by atoms with E-state index in [1.807, 2.05) is 12.1 Å². The van der Waals surface area contributed by atoms with E-state index in [1.54, 1.807) is 27.0 Å².